The Morgan fingerprint density at radius 3 is 2.59 bits per heavy atom. The molecule has 0 radical (unpaired) electrons. The first-order valence-corrected chi connectivity index (χ1v) is 5.70. The van der Waals surface area contributed by atoms with Gasteiger partial charge in [0.1, 0.15) is 0 Å². The van der Waals surface area contributed by atoms with Crippen molar-refractivity contribution in [2.75, 3.05) is 0 Å². The summed E-state index contributed by atoms with van der Waals surface area (Å²) < 4.78 is 0. The van der Waals surface area contributed by atoms with Gasteiger partial charge in [0.25, 0.3) is 5.91 Å². The summed E-state index contributed by atoms with van der Waals surface area (Å²) in [5.74, 6) is -0.719. The topological polar surface area (TPSA) is 57.6 Å². The number of carbonyl (C=O) groups excluding carboxylic acids is 2. The van der Waals surface area contributed by atoms with Crippen molar-refractivity contribution in [1.29, 1.82) is 0 Å². The molecule has 1 saturated heterocycles. The lowest BCUT2D eigenvalue weighted by molar-refractivity contribution is -0.149. The minimum atomic E-state index is -1.25. The minimum Gasteiger partial charge on any atom is -0.378 e. The average molecular weight is 233 g/mol. The lowest BCUT2D eigenvalue weighted by Crippen LogP contribution is -2.40. The highest BCUT2D eigenvalue weighted by Crippen LogP contribution is 2.23. The van der Waals surface area contributed by atoms with Crippen LogP contribution < -0.4 is 0 Å². The van der Waals surface area contributed by atoms with Gasteiger partial charge in [0.05, 0.1) is 0 Å². The normalized spacial score (nSPS) is 21.6. The second-order valence-corrected chi connectivity index (χ2v) is 4.30. The monoisotopic (exact) mass is 233 g/mol. The molecule has 17 heavy (non-hydrogen) atoms. The molecule has 1 aromatic rings. The van der Waals surface area contributed by atoms with Crippen molar-refractivity contribution in [3.63, 3.8) is 0 Å². The van der Waals surface area contributed by atoms with E-state index in [2.05, 4.69) is 0 Å². The molecule has 0 spiro atoms. The number of benzene rings is 1. The van der Waals surface area contributed by atoms with E-state index in [1.807, 2.05) is 13.0 Å². The third-order valence-electron chi connectivity index (χ3n) is 3.07. The number of hydrogen-bond acceptors (Lipinski definition) is 3. The van der Waals surface area contributed by atoms with E-state index in [4.69, 9.17) is 0 Å². The molecule has 1 aliphatic rings. The number of likely N-dealkylation sites (tertiary alicyclic amines) is 1. The van der Waals surface area contributed by atoms with Crippen LogP contribution in [0.25, 0.3) is 0 Å². The number of amides is 2. The van der Waals surface area contributed by atoms with Gasteiger partial charge in [-0.3, -0.25) is 14.5 Å². The van der Waals surface area contributed by atoms with Gasteiger partial charge in [-0.05, 0) is 18.9 Å². The molecule has 4 heteroatoms. The Kier molecular flexibility index (Phi) is 3.24. The molecule has 4 nitrogen and oxygen atoms in total. The first kappa shape index (κ1) is 11.8. The molecule has 0 aromatic heterocycles. The maximum absolute atomic E-state index is 12.0. The van der Waals surface area contributed by atoms with Crippen molar-refractivity contribution in [2.45, 2.75) is 31.9 Å². The second-order valence-electron chi connectivity index (χ2n) is 4.30. The molecule has 2 rings (SSSR count). The van der Waals surface area contributed by atoms with E-state index in [1.54, 1.807) is 24.3 Å². The molecule has 2 amide bonds. The van der Waals surface area contributed by atoms with Crippen molar-refractivity contribution in [3.05, 3.63) is 35.9 Å². The standard InChI is InChI=1S/C13H15NO3/c1-9-7-8-11(15)14(9)13(17)12(16)10-5-3-2-4-6-10/h2-6,9,12,16H,7-8H2,1H3/t9-,12-/m1/s1. The molecule has 1 aromatic carbocycles. The van der Waals surface area contributed by atoms with Crippen molar-refractivity contribution >= 4 is 11.8 Å². The molecule has 1 fully saturated rings. The Bertz CT molecular complexity index is 430. The van der Waals surface area contributed by atoms with Gasteiger partial charge in [-0.15, -0.1) is 0 Å². The fraction of sp³-hybridized carbons (Fsp3) is 0.385. The number of carbonyl (C=O) groups is 2. The number of aliphatic hydroxyl groups excluding tert-OH is 1. The maximum Gasteiger partial charge on any atom is 0.262 e. The number of nitrogens with zero attached hydrogens (tertiary/aromatic N) is 1. The predicted molar refractivity (Wildman–Crippen MR) is 62.0 cm³/mol. The largest absolute Gasteiger partial charge is 0.378 e. The Balaban J connectivity index is 2.18. The van der Waals surface area contributed by atoms with E-state index >= 15 is 0 Å². The summed E-state index contributed by atoms with van der Waals surface area (Å²) in [5, 5.41) is 9.94. The fourth-order valence-electron chi connectivity index (χ4n) is 2.08. The van der Waals surface area contributed by atoms with Crippen LogP contribution in [0.3, 0.4) is 0 Å². The van der Waals surface area contributed by atoms with Crippen LogP contribution in [0.2, 0.25) is 0 Å². The molecular weight excluding hydrogens is 218 g/mol. The molecule has 1 N–H and O–H groups in total. The van der Waals surface area contributed by atoms with Gasteiger partial charge in [0, 0.05) is 12.5 Å². The Hall–Kier alpha value is -1.68. The molecule has 90 valence electrons. The molecular formula is C13H15NO3. The van der Waals surface area contributed by atoms with Gasteiger partial charge in [-0.2, -0.15) is 0 Å². The molecule has 0 bridgehead atoms. The maximum atomic E-state index is 12.0. The molecule has 0 unspecified atom stereocenters. The second kappa shape index (κ2) is 4.67. The molecule has 2 atom stereocenters. The molecule has 1 heterocycles. The van der Waals surface area contributed by atoms with E-state index < -0.39 is 12.0 Å². The smallest absolute Gasteiger partial charge is 0.262 e. The van der Waals surface area contributed by atoms with Crippen molar-refractivity contribution in [3.8, 4) is 0 Å². The SMILES string of the molecule is C[C@@H]1CCC(=O)N1C(=O)[C@H](O)c1ccccc1. The molecule has 0 saturated carbocycles. The highest BCUT2D eigenvalue weighted by Gasteiger charge is 2.36. The van der Waals surface area contributed by atoms with Crippen molar-refractivity contribution < 1.29 is 14.7 Å². The van der Waals surface area contributed by atoms with E-state index in [0.717, 1.165) is 0 Å². The highest BCUT2D eigenvalue weighted by atomic mass is 16.3. The van der Waals surface area contributed by atoms with Crippen LogP contribution in [-0.4, -0.2) is 27.9 Å². The van der Waals surface area contributed by atoms with E-state index in [0.29, 0.717) is 18.4 Å². The summed E-state index contributed by atoms with van der Waals surface area (Å²) in [6, 6.07) is 8.54. The quantitative estimate of drug-likeness (QED) is 0.836. The third kappa shape index (κ3) is 2.22. The van der Waals surface area contributed by atoms with Gasteiger partial charge in [0.15, 0.2) is 6.10 Å². The van der Waals surface area contributed by atoms with Gasteiger partial charge >= 0.3 is 0 Å². The van der Waals surface area contributed by atoms with Crippen LogP contribution in [0.5, 0.6) is 0 Å². The van der Waals surface area contributed by atoms with Gasteiger partial charge in [-0.25, -0.2) is 0 Å². The van der Waals surface area contributed by atoms with Crippen molar-refractivity contribution in [2.24, 2.45) is 0 Å². The molecule has 0 aliphatic carbocycles. The van der Waals surface area contributed by atoms with Crippen molar-refractivity contribution in [1.82, 2.24) is 4.90 Å². The lowest BCUT2D eigenvalue weighted by Gasteiger charge is -2.22. The van der Waals surface area contributed by atoms with Crippen LogP contribution in [-0.2, 0) is 9.59 Å². The van der Waals surface area contributed by atoms with Crippen LogP contribution in [0, 0.1) is 0 Å². The summed E-state index contributed by atoms with van der Waals surface area (Å²) in [6.07, 6.45) is -0.193. The van der Waals surface area contributed by atoms with E-state index in [-0.39, 0.29) is 11.9 Å². The predicted octanol–water partition coefficient (Wildman–Crippen LogP) is 1.26. The van der Waals surface area contributed by atoms with Crippen LogP contribution in [0.15, 0.2) is 30.3 Å². The minimum absolute atomic E-state index is 0.117. The van der Waals surface area contributed by atoms with E-state index in [9.17, 15) is 14.7 Å². The van der Waals surface area contributed by atoms with Crippen LogP contribution in [0.1, 0.15) is 31.4 Å². The molecule has 1 aliphatic heterocycles. The van der Waals surface area contributed by atoms with Gasteiger partial charge < -0.3 is 5.11 Å². The van der Waals surface area contributed by atoms with Gasteiger partial charge in [0.2, 0.25) is 5.91 Å². The number of hydrogen-bond donors (Lipinski definition) is 1. The van der Waals surface area contributed by atoms with Crippen LogP contribution >= 0.6 is 0 Å². The zero-order chi connectivity index (χ0) is 12.4. The summed E-state index contributed by atoms with van der Waals surface area (Å²) in [4.78, 5) is 24.8. The van der Waals surface area contributed by atoms with E-state index in [1.165, 1.54) is 4.90 Å². The zero-order valence-corrected chi connectivity index (χ0v) is 9.67. The fourth-order valence-corrected chi connectivity index (χ4v) is 2.08. The first-order valence-electron chi connectivity index (χ1n) is 5.70. The average Bonchev–Trinajstić information content (AvgIpc) is 2.68. The Labute approximate surface area is 99.9 Å². The third-order valence-corrected chi connectivity index (χ3v) is 3.07. The van der Waals surface area contributed by atoms with Gasteiger partial charge in [-0.1, -0.05) is 30.3 Å². The first-order chi connectivity index (χ1) is 8.11. The number of imide groups is 1. The summed E-state index contributed by atoms with van der Waals surface area (Å²) in [5.41, 5.74) is 0.518. The number of aliphatic hydroxyl groups is 1. The summed E-state index contributed by atoms with van der Waals surface area (Å²) in [7, 11) is 0. The lowest BCUT2D eigenvalue weighted by atomic mass is 10.1. The highest BCUT2D eigenvalue weighted by molar-refractivity contribution is 5.99. The number of rotatable bonds is 2. The Morgan fingerprint density at radius 2 is 2.06 bits per heavy atom. The summed E-state index contributed by atoms with van der Waals surface area (Å²) in [6.45, 7) is 1.82. The van der Waals surface area contributed by atoms with Crippen LogP contribution in [0.4, 0.5) is 0 Å². The summed E-state index contributed by atoms with van der Waals surface area (Å²) >= 11 is 0. The zero-order valence-electron chi connectivity index (χ0n) is 9.67. The Morgan fingerprint density at radius 1 is 1.41 bits per heavy atom.